The molecular weight excluding hydrogens is 192 g/mol. The van der Waals surface area contributed by atoms with Crippen molar-refractivity contribution in [3.8, 4) is 0 Å². The number of hydrogen-bond acceptors (Lipinski definition) is 2. The van der Waals surface area contributed by atoms with E-state index in [0.717, 1.165) is 16.7 Å². The first-order chi connectivity index (χ1) is 7.02. The highest BCUT2D eigenvalue weighted by Crippen LogP contribution is 2.23. The molecule has 1 rings (SSSR count). The minimum Gasteiger partial charge on any atom is -0.481 e. The van der Waals surface area contributed by atoms with Crippen LogP contribution in [0, 0.1) is 13.8 Å². The molecule has 0 spiro atoms. The number of aryl methyl sites for hydroxylation is 1. The fourth-order valence-corrected chi connectivity index (χ4v) is 1.55. The van der Waals surface area contributed by atoms with Gasteiger partial charge in [0.2, 0.25) is 0 Å². The molecule has 0 bridgehead atoms. The lowest BCUT2D eigenvalue weighted by atomic mass is 9.97. The van der Waals surface area contributed by atoms with Crippen LogP contribution in [0.1, 0.15) is 35.6 Å². The van der Waals surface area contributed by atoms with Gasteiger partial charge in [0.1, 0.15) is 0 Å². The molecular formula is C12H16O3. The van der Waals surface area contributed by atoms with Crippen LogP contribution in [0.3, 0.4) is 0 Å². The highest BCUT2D eigenvalue weighted by molar-refractivity contribution is 5.66. The Morgan fingerprint density at radius 3 is 2.67 bits per heavy atom. The number of aliphatic carboxylic acids is 1. The van der Waals surface area contributed by atoms with Gasteiger partial charge in [-0.1, -0.05) is 18.2 Å². The maximum absolute atomic E-state index is 10.4. The molecule has 0 radical (unpaired) electrons. The summed E-state index contributed by atoms with van der Waals surface area (Å²) in [6.07, 6.45) is -0.422. The minimum atomic E-state index is -0.876. The van der Waals surface area contributed by atoms with E-state index in [4.69, 9.17) is 5.11 Å². The Labute approximate surface area is 89.4 Å². The van der Waals surface area contributed by atoms with Crippen LogP contribution < -0.4 is 0 Å². The second kappa shape index (κ2) is 4.94. The predicted molar refractivity (Wildman–Crippen MR) is 57.7 cm³/mol. The summed E-state index contributed by atoms with van der Waals surface area (Å²) in [6, 6.07) is 5.69. The van der Waals surface area contributed by atoms with E-state index in [9.17, 15) is 9.90 Å². The van der Waals surface area contributed by atoms with Crippen molar-refractivity contribution in [2.45, 2.75) is 32.8 Å². The summed E-state index contributed by atoms with van der Waals surface area (Å²) in [7, 11) is 0. The minimum absolute atomic E-state index is 0.00541. The lowest BCUT2D eigenvalue weighted by Gasteiger charge is -2.14. The summed E-state index contributed by atoms with van der Waals surface area (Å²) in [5.41, 5.74) is 2.98. The number of carboxylic acid groups (broad SMARTS) is 1. The average Bonchev–Trinajstić information content (AvgIpc) is 2.18. The summed E-state index contributed by atoms with van der Waals surface area (Å²) < 4.78 is 0. The fourth-order valence-electron chi connectivity index (χ4n) is 1.55. The van der Waals surface area contributed by atoms with Gasteiger partial charge < -0.3 is 10.2 Å². The molecule has 0 aliphatic carbocycles. The summed E-state index contributed by atoms with van der Waals surface area (Å²) in [4.78, 5) is 10.4. The molecule has 1 unspecified atom stereocenters. The van der Waals surface area contributed by atoms with Crippen LogP contribution in [0.4, 0.5) is 0 Å². The molecule has 0 saturated carbocycles. The summed E-state index contributed by atoms with van der Waals surface area (Å²) >= 11 is 0. The standard InChI is InChI=1S/C12H16O3/c1-8-4-3-5-10(9(8)2)11(13)6-7-12(14)15/h3-5,11,13H,6-7H2,1-2H3,(H,14,15). The van der Waals surface area contributed by atoms with Gasteiger partial charge in [-0.25, -0.2) is 0 Å². The Bertz CT molecular complexity index is 358. The van der Waals surface area contributed by atoms with E-state index in [2.05, 4.69) is 0 Å². The molecule has 1 aromatic rings. The molecule has 82 valence electrons. The van der Waals surface area contributed by atoms with Crippen LogP contribution in [0.5, 0.6) is 0 Å². The van der Waals surface area contributed by atoms with Crippen molar-refractivity contribution in [3.63, 3.8) is 0 Å². The Morgan fingerprint density at radius 1 is 1.40 bits per heavy atom. The van der Waals surface area contributed by atoms with Crippen LogP contribution in [-0.4, -0.2) is 16.2 Å². The van der Waals surface area contributed by atoms with Gasteiger partial charge in [0.05, 0.1) is 6.10 Å². The van der Waals surface area contributed by atoms with Crippen molar-refractivity contribution in [2.24, 2.45) is 0 Å². The quantitative estimate of drug-likeness (QED) is 0.797. The zero-order valence-electron chi connectivity index (χ0n) is 9.03. The zero-order chi connectivity index (χ0) is 11.4. The smallest absolute Gasteiger partial charge is 0.303 e. The number of aliphatic hydroxyl groups is 1. The second-order valence-corrected chi connectivity index (χ2v) is 3.74. The monoisotopic (exact) mass is 208 g/mol. The van der Waals surface area contributed by atoms with Crippen LogP contribution in [0.25, 0.3) is 0 Å². The molecule has 0 aliphatic rings. The van der Waals surface area contributed by atoms with Crippen LogP contribution in [0.15, 0.2) is 18.2 Å². The third-order valence-electron chi connectivity index (χ3n) is 2.64. The summed E-state index contributed by atoms with van der Waals surface area (Å²) in [6.45, 7) is 3.91. The highest BCUT2D eigenvalue weighted by atomic mass is 16.4. The Morgan fingerprint density at radius 2 is 2.07 bits per heavy atom. The number of aliphatic hydroxyl groups excluding tert-OH is 1. The van der Waals surface area contributed by atoms with E-state index in [1.807, 2.05) is 32.0 Å². The maximum atomic E-state index is 10.4. The van der Waals surface area contributed by atoms with Crippen LogP contribution >= 0.6 is 0 Å². The first-order valence-corrected chi connectivity index (χ1v) is 4.98. The van der Waals surface area contributed by atoms with Crippen molar-refractivity contribution < 1.29 is 15.0 Å². The SMILES string of the molecule is Cc1cccc(C(O)CCC(=O)O)c1C. The second-order valence-electron chi connectivity index (χ2n) is 3.74. The zero-order valence-corrected chi connectivity index (χ0v) is 9.03. The van der Waals surface area contributed by atoms with E-state index in [1.165, 1.54) is 0 Å². The van der Waals surface area contributed by atoms with Gasteiger partial charge in [-0.2, -0.15) is 0 Å². The molecule has 0 heterocycles. The van der Waals surface area contributed by atoms with Crippen molar-refractivity contribution >= 4 is 5.97 Å². The summed E-state index contributed by atoms with van der Waals surface area (Å²) in [5, 5.41) is 18.3. The molecule has 15 heavy (non-hydrogen) atoms. The van der Waals surface area contributed by atoms with E-state index < -0.39 is 12.1 Å². The number of carboxylic acids is 1. The first-order valence-electron chi connectivity index (χ1n) is 4.98. The van der Waals surface area contributed by atoms with E-state index in [1.54, 1.807) is 0 Å². The van der Waals surface area contributed by atoms with Gasteiger partial charge in [0, 0.05) is 6.42 Å². The molecule has 3 heteroatoms. The number of carbonyl (C=O) groups is 1. The van der Waals surface area contributed by atoms with Crippen molar-refractivity contribution in [2.75, 3.05) is 0 Å². The summed E-state index contributed by atoms with van der Waals surface area (Å²) in [5.74, 6) is -0.876. The van der Waals surface area contributed by atoms with Gasteiger partial charge in [-0.3, -0.25) is 4.79 Å². The lowest BCUT2D eigenvalue weighted by Crippen LogP contribution is -2.04. The van der Waals surface area contributed by atoms with Crippen molar-refractivity contribution in [3.05, 3.63) is 34.9 Å². The number of benzene rings is 1. The molecule has 1 atom stereocenters. The molecule has 0 aromatic heterocycles. The predicted octanol–water partition coefficient (Wildman–Crippen LogP) is 2.20. The molecule has 0 saturated heterocycles. The third kappa shape index (κ3) is 3.06. The largest absolute Gasteiger partial charge is 0.481 e. The van der Waals surface area contributed by atoms with Gasteiger partial charge >= 0.3 is 5.97 Å². The van der Waals surface area contributed by atoms with Gasteiger partial charge in [0.15, 0.2) is 0 Å². The first kappa shape index (κ1) is 11.7. The van der Waals surface area contributed by atoms with Crippen LogP contribution in [0.2, 0.25) is 0 Å². The Balaban J connectivity index is 2.77. The Hall–Kier alpha value is -1.35. The van der Waals surface area contributed by atoms with Crippen molar-refractivity contribution in [1.82, 2.24) is 0 Å². The molecule has 0 amide bonds. The molecule has 0 aliphatic heterocycles. The van der Waals surface area contributed by atoms with E-state index in [0.29, 0.717) is 0 Å². The average molecular weight is 208 g/mol. The fraction of sp³-hybridized carbons (Fsp3) is 0.417. The number of hydrogen-bond donors (Lipinski definition) is 2. The molecule has 1 aromatic carbocycles. The van der Waals surface area contributed by atoms with Gasteiger partial charge in [0.25, 0.3) is 0 Å². The normalized spacial score (nSPS) is 12.5. The van der Waals surface area contributed by atoms with E-state index in [-0.39, 0.29) is 12.8 Å². The maximum Gasteiger partial charge on any atom is 0.303 e. The number of rotatable bonds is 4. The van der Waals surface area contributed by atoms with Gasteiger partial charge in [-0.05, 0) is 37.0 Å². The molecule has 0 fully saturated rings. The topological polar surface area (TPSA) is 57.5 Å². The molecule has 2 N–H and O–H groups in total. The van der Waals surface area contributed by atoms with Crippen LogP contribution in [-0.2, 0) is 4.79 Å². The van der Waals surface area contributed by atoms with Gasteiger partial charge in [-0.15, -0.1) is 0 Å². The van der Waals surface area contributed by atoms with E-state index >= 15 is 0 Å². The molecule has 3 nitrogen and oxygen atoms in total. The Kier molecular flexibility index (Phi) is 3.86. The van der Waals surface area contributed by atoms with Crippen molar-refractivity contribution in [1.29, 1.82) is 0 Å². The third-order valence-corrected chi connectivity index (χ3v) is 2.64. The lowest BCUT2D eigenvalue weighted by molar-refractivity contribution is -0.137. The highest BCUT2D eigenvalue weighted by Gasteiger charge is 2.12.